The lowest BCUT2D eigenvalue weighted by Crippen LogP contribution is -2.39. The Labute approximate surface area is 232 Å². The predicted molar refractivity (Wildman–Crippen MR) is 152 cm³/mol. The maximum absolute atomic E-state index is 12.9. The number of carbonyl (C=O) groups excluding carboxylic acids is 5. The van der Waals surface area contributed by atoms with Crippen molar-refractivity contribution in [3.63, 3.8) is 0 Å². The number of Topliss-reactive ketones (excluding diaryl/α,β-unsaturated/α-hetero) is 1. The van der Waals surface area contributed by atoms with Crippen molar-refractivity contribution in [2.75, 3.05) is 25.0 Å². The first-order valence-corrected chi connectivity index (χ1v) is 14.0. The van der Waals surface area contributed by atoms with Crippen LogP contribution in [0.1, 0.15) is 78.2 Å². The van der Waals surface area contributed by atoms with Crippen LogP contribution in [0, 0.1) is 11.8 Å². The summed E-state index contributed by atoms with van der Waals surface area (Å²) in [4.78, 5) is 61.6. The summed E-state index contributed by atoms with van der Waals surface area (Å²) in [5.41, 5.74) is 2.01. The number of benzene rings is 1. The van der Waals surface area contributed by atoms with Crippen LogP contribution in [-0.4, -0.2) is 60.0 Å². The Bertz CT molecular complexity index is 1010. The number of carbonyl (C=O) groups is 5. The van der Waals surface area contributed by atoms with Gasteiger partial charge < -0.3 is 16.0 Å². The number of nitrogens with zero attached hydrogens (tertiary/aromatic N) is 1. The molecule has 2 rings (SSSR count). The Morgan fingerprint density at radius 2 is 1.49 bits per heavy atom. The molecule has 0 saturated heterocycles. The Kier molecular flexibility index (Phi) is 13.0. The molecule has 214 valence electrons. The molecule has 1 aromatic rings. The fourth-order valence-electron chi connectivity index (χ4n) is 4.41. The van der Waals surface area contributed by atoms with Gasteiger partial charge in [-0.15, -0.1) is 0 Å². The van der Waals surface area contributed by atoms with Crippen LogP contribution in [0.25, 0.3) is 0 Å². The van der Waals surface area contributed by atoms with E-state index in [1.807, 2.05) is 38.1 Å². The van der Waals surface area contributed by atoms with E-state index < -0.39 is 0 Å². The molecule has 1 aromatic carbocycles. The Balaban J connectivity index is 1.62. The maximum Gasteiger partial charge on any atom is 0.253 e. The van der Waals surface area contributed by atoms with Gasteiger partial charge in [-0.2, -0.15) is 0 Å². The van der Waals surface area contributed by atoms with Gasteiger partial charge in [-0.1, -0.05) is 39.8 Å². The molecule has 1 heterocycles. The van der Waals surface area contributed by atoms with Crippen LogP contribution in [0.4, 0.5) is 5.69 Å². The lowest BCUT2D eigenvalue weighted by molar-refractivity contribution is -0.137. The lowest BCUT2D eigenvalue weighted by Gasteiger charge is -2.21. The van der Waals surface area contributed by atoms with Gasteiger partial charge >= 0.3 is 0 Å². The van der Waals surface area contributed by atoms with E-state index in [1.54, 1.807) is 6.92 Å². The smallest absolute Gasteiger partial charge is 0.253 e. The second-order valence-corrected chi connectivity index (χ2v) is 10.8. The monoisotopic (exact) mass is 540 g/mol. The highest BCUT2D eigenvalue weighted by atomic mass is 16.2. The molecule has 0 aromatic heterocycles. The third-order valence-electron chi connectivity index (χ3n) is 6.99. The maximum atomic E-state index is 12.9. The van der Waals surface area contributed by atoms with Gasteiger partial charge in [-0.25, -0.2) is 0 Å². The van der Waals surface area contributed by atoms with Crippen LogP contribution in [0.15, 0.2) is 36.4 Å². The molecule has 4 amide bonds. The first-order valence-electron chi connectivity index (χ1n) is 14.0. The Hall–Kier alpha value is -3.33. The highest BCUT2D eigenvalue weighted by Gasteiger charge is 2.24. The van der Waals surface area contributed by atoms with E-state index in [1.165, 1.54) is 17.7 Å². The number of rotatable bonds is 17. The van der Waals surface area contributed by atoms with Gasteiger partial charge in [-0.3, -0.25) is 28.9 Å². The largest absolute Gasteiger partial charge is 0.355 e. The van der Waals surface area contributed by atoms with E-state index in [-0.39, 0.29) is 60.3 Å². The number of hydrogen-bond donors (Lipinski definition) is 3. The van der Waals surface area contributed by atoms with Gasteiger partial charge in [0.25, 0.3) is 11.8 Å². The highest BCUT2D eigenvalue weighted by molar-refractivity contribution is 6.12. The summed E-state index contributed by atoms with van der Waals surface area (Å²) < 4.78 is 0. The summed E-state index contributed by atoms with van der Waals surface area (Å²) in [6, 6.07) is 7.57. The number of amides is 4. The van der Waals surface area contributed by atoms with E-state index in [0.29, 0.717) is 44.7 Å². The van der Waals surface area contributed by atoms with Crippen LogP contribution in [-0.2, 0) is 24.0 Å². The van der Waals surface area contributed by atoms with Crippen molar-refractivity contribution < 1.29 is 24.0 Å². The molecule has 2 atom stereocenters. The van der Waals surface area contributed by atoms with E-state index >= 15 is 0 Å². The molecule has 39 heavy (non-hydrogen) atoms. The molecule has 3 N–H and O–H groups in total. The zero-order valence-electron chi connectivity index (χ0n) is 23.9. The van der Waals surface area contributed by atoms with Gasteiger partial charge in [-0.05, 0) is 55.7 Å². The van der Waals surface area contributed by atoms with E-state index in [0.717, 1.165) is 10.6 Å². The molecule has 9 heteroatoms. The quantitative estimate of drug-likeness (QED) is 0.205. The number of anilines is 1. The van der Waals surface area contributed by atoms with Crippen molar-refractivity contribution in [2.45, 2.75) is 78.7 Å². The summed E-state index contributed by atoms with van der Waals surface area (Å²) in [5, 5.41) is 8.92. The first-order chi connectivity index (χ1) is 18.5. The van der Waals surface area contributed by atoms with Gasteiger partial charge in [0.1, 0.15) is 5.78 Å². The zero-order chi connectivity index (χ0) is 28.9. The molecule has 0 spiro atoms. The molecule has 1 aliphatic heterocycles. The van der Waals surface area contributed by atoms with Crippen molar-refractivity contribution in [3.05, 3.63) is 42.0 Å². The van der Waals surface area contributed by atoms with Gasteiger partial charge in [0.15, 0.2) is 0 Å². The molecule has 0 bridgehead atoms. The van der Waals surface area contributed by atoms with Crippen LogP contribution in [0.2, 0.25) is 0 Å². The van der Waals surface area contributed by atoms with Crippen LogP contribution >= 0.6 is 0 Å². The third kappa shape index (κ3) is 10.8. The molecule has 0 aliphatic carbocycles. The molecule has 0 unspecified atom stereocenters. The van der Waals surface area contributed by atoms with Crippen molar-refractivity contribution in [1.82, 2.24) is 15.5 Å². The Morgan fingerprint density at radius 1 is 0.846 bits per heavy atom. The van der Waals surface area contributed by atoms with E-state index in [2.05, 4.69) is 29.8 Å². The van der Waals surface area contributed by atoms with Gasteiger partial charge in [0.2, 0.25) is 11.8 Å². The summed E-state index contributed by atoms with van der Waals surface area (Å²) >= 11 is 0. The molecular weight excluding hydrogens is 496 g/mol. The SMILES string of the molecule is CC(C)c1ccc(NC(=O)[C@@H](CCCC(=O)[C@H](C)NCCNC(=O)CCCN2C(=O)C=CC2=O)C(C)C)cc1. The number of hydrogen-bond acceptors (Lipinski definition) is 6. The minimum atomic E-state index is -0.354. The summed E-state index contributed by atoms with van der Waals surface area (Å²) in [7, 11) is 0. The standard InChI is InChI=1S/C30H44N4O5/c1-20(2)23-11-13-24(14-12-23)33-30(39)25(21(3)4)8-6-9-26(35)22(5)31-17-18-32-27(36)10-7-19-34-28(37)15-16-29(34)38/h11-16,20-22,25,31H,6-10,17-19H2,1-5H3,(H,32,36)(H,33,39)/t22-,25-/m0/s1. The van der Waals surface area contributed by atoms with Crippen molar-refractivity contribution in [1.29, 1.82) is 0 Å². The number of imide groups is 1. The molecule has 0 fully saturated rings. The normalized spacial score (nSPS) is 14.7. The summed E-state index contributed by atoms with van der Waals surface area (Å²) in [5.74, 6) is -0.411. The van der Waals surface area contributed by atoms with Crippen LogP contribution in [0.5, 0.6) is 0 Å². The van der Waals surface area contributed by atoms with E-state index in [4.69, 9.17) is 0 Å². The number of nitrogens with one attached hydrogen (secondary N) is 3. The lowest BCUT2D eigenvalue weighted by atomic mass is 9.89. The summed E-state index contributed by atoms with van der Waals surface area (Å²) in [6.07, 6.45) is 4.69. The van der Waals surface area contributed by atoms with Crippen molar-refractivity contribution in [3.8, 4) is 0 Å². The average Bonchev–Trinajstić information content (AvgIpc) is 3.21. The minimum Gasteiger partial charge on any atom is -0.355 e. The zero-order valence-corrected chi connectivity index (χ0v) is 23.9. The molecule has 9 nitrogen and oxygen atoms in total. The summed E-state index contributed by atoms with van der Waals surface area (Å²) in [6.45, 7) is 11.1. The second kappa shape index (κ2) is 15.9. The molecule has 1 aliphatic rings. The van der Waals surface area contributed by atoms with E-state index in [9.17, 15) is 24.0 Å². The van der Waals surface area contributed by atoms with Crippen LogP contribution in [0.3, 0.4) is 0 Å². The first kappa shape index (κ1) is 31.9. The highest BCUT2D eigenvalue weighted by Crippen LogP contribution is 2.22. The van der Waals surface area contributed by atoms with Gasteiger partial charge in [0, 0.05) is 56.2 Å². The van der Waals surface area contributed by atoms with Crippen molar-refractivity contribution >= 4 is 35.1 Å². The topological polar surface area (TPSA) is 125 Å². The predicted octanol–water partition coefficient (Wildman–Crippen LogP) is 3.56. The number of ketones is 1. The molecule has 0 saturated carbocycles. The molecule has 0 radical (unpaired) electrons. The Morgan fingerprint density at radius 3 is 2.08 bits per heavy atom. The van der Waals surface area contributed by atoms with Crippen molar-refractivity contribution in [2.24, 2.45) is 11.8 Å². The third-order valence-corrected chi connectivity index (χ3v) is 6.99. The average molecular weight is 541 g/mol. The second-order valence-electron chi connectivity index (χ2n) is 10.8. The van der Waals surface area contributed by atoms with Crippen LogP contribution < -0.4 is 16.0 Å². The minimum absolute atomic E-state index is 0.0213. The fraction of sp³-hybridized carbons (Fsp3) is 0.567. The fourth-order valence-corrected chi connectivity index (χ4v) is 4.41. The van der Waals surface area contributed by atoms with Gasteiger partial charge in [0.05, 0.1) is 6.04 Å². The molecular formula is C30H44N4O5.